The minimum absolute atomic E-state index is 0.203. The van der Waals surface area contributed by atoms with Crippen molar-refractivity contribution in [1.82, 2.24) is 0 Å². The molecule has 1 saturated carbocycles. The van der Waals surface area contributed by atoms with Crippen LogP contribution in [0.2, 0.25) is 0 Å². The van der Waals surface area contributed by atoms with Gasteiger partial charge in [-0.2, -0.15) is 0 Å². The summed E-state index contributed by atoms with van der Waals surface area (Å²) in [6.45, 7) is 2.24. The van der Waals surface area contributed by atoms with Crippen LogP contribution in [0.5, 0.6) is 0 Å². The molecule has 0 aromatic heterocycles. The van der Waals surface area contributed by atoms with Gasteiger partial charge in [0, 0.05) is 6.61 Å². The molecule has 0 radical (unpaired) electrons. The molecule has 2 N–H and O–H groups in total. The van der Waals surface area contributed by atoms with Gasteiger partial charge < -0.3 is 10.2 Å². The van der Waals surface area contributed by atoms with Crippen LogP contribution in [0.1, 0.15) is 26.2 Å². The molecule has 0 aromatic carbocycles. The van der Waals surface area contributed by atoms with Gasteiger partial charge in [0.25, 0.3) is 0 Å². The van der Waals surface area contributed by atoms with E-state index in [4.69, 9.17) is 5.11 Å². The minimum Gasteiger partial charge on any atom is -0.396 e. The first kappa shape index (κ1) is 7.03. The van der Waals surface area contributed by atoms with Crippen LogP contribution in [0.25, 0.3) is 0 Å². The van der Waals surface area contributed by atoms with Gasteiger partial charge >= 0.3 is 0 Å². The van der Waals surface area contributed by atoms with Crippen LogP contribution < -0.4 is 0 Å². The van der Waals surface area contributed by atoms with Gasteiger partial charge in [-0.3, -0.25) is 0 Å². The van der Waals surface area contributed by atoms with Gasteiger partial charge in [0.05, 0.1) is 5.60 Å². The fourth-order valence-corrected chi connectivity index (χ4v) is 1.20. The lowest BCUT2D eigenvalue weighted by Gasteiger charge is -2.05. The zero-order chi connectivity index (χ0) is 6.91. The first-order valence-electron chi connectivity index (χ1n) is 3.52. The zero-order valence-corrected chi connectivity index (χ0v) is 5.80. The van der Waals surface area contributed by atoms with Crippen LogP contribution >= 0.6 is 0 Å². The van der Waals surface area contributed by atoms with Crippen molar-refractivity contribution in [2.24, 2.45) is 5.92 Å². The first-order chi connectivity index (χ1) is 4.19. The lowest BCUT2D eigenvalue weighted by molar-refractivity contribution is 0.113. The second-order valence-corrected chi connectivity index (χ2v) is 3.04. The highest BCUT2D eigenvalue weighted by Gasteiger charge is 2.48. The molecule has 0 amide bonds. The second kappa shape index (κ2) is 2.27. The standard InChI is InChI=1S/C7H14O2/c1-6-5-7(6,9)3-2-4-8/h6,8-9H,2-5H2,1H3. The average molecular weight is 130 g/mol. The maximum atomic E-state index is 9.42. The van der Waals surface area contributed by atoms with E-state index in [2.05, 4.69) is 0 Å². The molecule has 1 aliphatic carbocycles. The maximum absolute atomic E-state index is 9.42. The van der Waals surface area contributed by atoms with Crippen molar-refractivity contribution < 1.29 is 10.2 Å². The lowest BCUT2D eigenvalue weighted by atomic mass is 10.1. The second-order valence-electron chi connectivity index (χ2n) is 3.04. The molecule has 54 valence electrons. The monoisotopic (exact) mass is 130 g/mol. The molecule has 0 bridgehead atoms. The van der Waals surface area contributed by atoms with E-state index in [-0.39, 0.29) is 6.61 Å². The van der Waals surface area contributed by atoms with Gasteiger partial charge in [0.1, 0.15) is 0 Å². The van der Waals surface area contributed by atoms with Crippen LogP contribution in [0.4, 0.5) is 0 Å². The molecule has 1 fully saturated rings. The normalized spacial score (nSPS) is 41.0. The molecule has 0 aromatic rings. The number of aliphatic hydroxyl groups is 2. The lowest BCUT2D eigenvalue weighted by Crippen LogP contribution is -2.10. The summed E-state index contributed by atoms with van der Waals surface area (Å²) in [4.78, 5) is 0. The molecule has 0 saturated heterocycles. The van der Waals surface area contributed by atoms with Crippen molar-refractivity contribution in [3.63, 3.8) is 0 Å². The molecular weight excluding hydrogens is 116 g/mol. The van der Waals surface area contributed by atoms with E-state index in [1.807, 2.05) is 6.92 Å². The molecule has 2 atom stereocenters. The summed E-state index contributed by atoms with van der Waals surface area (Å²) in [6, 6.07) is 0. The Morgan fingerprint density at radius 1 is 1.67 bits per heavy atom. The predicted molar refractivity (Wildman–Crippen MR) is 35.1 cm³/mol. The summed E-state index contributed by atoms with van der Waals surface area (Å²) >= 11 is 0. The fourth-order valence-electron chi connectivity index (χ4n) is 1.20. The Bertz CT molecular complexity index is 103. The quantitative estimate of drug-likeness (QED) is 0.585. The summed E-state index contributed by atoms with van der Waals surface area (Å²) < 4.78 is 0. The third kappa shape index (κ3) is 1.43. The Hall–Kier alpha value is -0.0800. The fraction of sp³-hybridized carbons (Fsp3) is 1.00. The van der Waals surface area contributed by atoms with Crippen molar-refractivity contribution in [3.05, 3.63) is 0 Å². The van der Waals surface area contributed by atoms with Crippen molar-refractivity contribution in [2.45, 2.75) is 31.8 Å². The predicted octanol–water partition coefficient (Wildman–Crippen LogP) is 0.530. The van der Waals surface area contributed by atoms with Crippen molar-refractivity contribution >= 4 is 0 Å². The van der Waals surface area contributed by atoms with E-state index >= 15 is 0 Å². The molecule has 9 heavy (non-hydrogen) atoms. The van der Waals surface area contributed by atoms with Crippen molar-refractivity contribution in [3.8, 4) is 0 Å². The molecule has 1 aliphatic rings. The maximum Gasteiger partial charge on any atom is 0.0678 e. The average Bonchev–Trinajstić information content (AvgIpc) is 2.38. The van der Waals surface area contributed by atoms with E-state index in [9.17, 15) is 5.11 Å². The molecule has 0 heterocycles. The molecule has 2 heteroatoms. The highest BCUT2D eigenvalue weighted by atomic mass is 16.3. The number of aliphatic hydroxyl groups excluding tert-OH is 1. The van der Waals surface area contributed by atoms with Gasteiger partial charge in [-0.25, -0.2) is 0 Å². The van der Waals surface area contributed by atoms with Crippen LogP contribution in [-0.2, 0) is 0 Å². The van der Waals surface area contributed by atoms with Gasteiger partial charge in [0.2, 0.25) is 0 Å². The molecular formula is C7H14O2. The molecule has 1 rings (SSSR count). The van der Waals surface area contributed by atoms with Gasteiger partial charge in [0.15, 0.2) is 0 Å². The summed E-state index contributed by atoms with van der Waals surface area (Å²) in [7, 11) is 0. The highest BCUT2D eigenvalue weighted by Crippen LogP contribution is 2.46. The van der Waals surface area contributed by atoms with E-state index in [1.165, 1.54) is 0 Å². The van der Waals surface area contributed by atoms with Gasteiger partial charge in [-0.15, -0.1) is 0 Å². The van der Waals surface area contributed by atoms with Gasteiger partial charge in [-0.1, -0.05) is 6.92 Å². The van der Waals surface area contributed by atoms with E-state index in [0.29, 0.717) is 5.92 Å². The Balaban J connectivity index is 2.13. The number of hydrogen-bond acceptors (Lipinski definition) is 2. The van der Waals surface area contributed by atoms with Crippen LogP contribution in [0.3, 0.4) is 0 Å². The summed E-state index contributed by atoms with van der Waals surface area (Å²) in [6.07, 6.45) is 2.43. The van der Waals surface area contributed by atoms with E-state index in [1.54, 1.807) is 0 Å². The third-order valence-electron chi connectivity index (χ3n) is 2.18. The van der Waals surface area contributed by atoms with Gasteiger partial charge in [-0.05, 0) is 25.2 Å². The smallest absolute Gasteiger partial charge is 0.0678 e. The van der Waals surface area contributed by atoms with Crippen LogP contribution in [0, 0.1) is 5.92 Å². The van der Waals surface area contributed by atoms with E-state index in [0.717, 1.165) is 19.3 Å². The zero-order valence-electron chi connectivity index (χ0n) is 5.80. The molecule has 0 spiro atoms. The summed E-state index contributed by atoms with van der Waals surface area (Å²) in [5.74, 6) is 0.462. The highest BCUT2D eigenvalue weighted by molar-refractivity contribution is 5.00. The summed E-state index contributed by atoms with van der Waals surface area (Å²) in [5, 5.41) is 17.8. The Morgan fingerprint density at radius 3 is 2.56 bits per heavy atom. The largest absolute Gasteiger partial charge is 0.396 e. The molecule has 0 aliphatic heterocycles. The minimum atomic E-state index is -0.400. The van der Waals surface area contributed by atoms with Crippen LogP contribution in [-0.4, -0.2) is 22.4 Å². The molecule has 2 nitrogen and oxygen atoms in total. The van der Waals surface area contributed by atoms with Crippen LogP contribution in [0.15, 0.2) is 0 Å². The molecule has 2 unspecified atom stereocenters. The Morgan fingerprint density at radius 2 is 2.22 bits per heavy atom. The Labute approximate surface area is 55.5 Å². The SMILES string of the molecule is CC1CC1(O)CCCO. The number of hydrogen-bond donors (Lipinski definition) is 2. The van der Waals surface area contributed by atoms with Crippen molar-refractivity contribution in [1.29, 1.82) is 0 Å². The Kier molecular flexibility index (Phi) is 1.78. The topological polar surface area (TPSA) is 40.5 Å². The third-order valence-corrected chi connectivity index (χ3v) is 2.18. The number of rotatable bonds is 3. The summed E-state index contributed by atoms with van der Waals surface area (Å²) in [5.41, 5.74) is -0.400. The van der Waals surface area contributed by atoms with E-state index < -0.39 is 5.60 Å². The van der Waals surface area contributed by atoms with Crippen molar-refractivity contribution in [2.75, 3.05) is 6.61 Å². The first-order valence-corrected chi connectivity index (χ1v) is 3.52.